The van der Waals surface area contributed by atoms with Crippen molar-refractivity contribution in [1.29, 1.82) is 0 Å². The average Bonchev–Trinajstić information content (AvgIpc) is 2.18. The Hall–Kier alpha value is -1.02. The van der Waals surface area contributed by atoms with Gasteiger partial charge in [-0.3, -0.25) is 0 Å². The lowest BCUT2D eigenvalue weighted by molar-refractivity contribution is 0.348. The lowest BCUT2D eigenvalue weighted by Crippen LogP contribution is -2.33. The molecule has 0 radical (unpaired) electrons. The highest BCUT2D eigenvalue weighted by atomic mass is 16.3. The molecule has 14 heavy (non-hydrogen) atoms. The number of nitrogens with one attached hydrogen (secondary N) is 1. The normalized spacial score (nSPS) is 27.5. The molecule has 0 spiro atoms. The molecule has 0 aliphatic carbocycles. The fraction of sp³-hybridized carbons (Fsp3) is 0.500. The van der Waals surface area contributed by atoms with Crippen LogP contribution < -0.4 is 5.32 Å². The Kier molecular flexibility index (Phi) is 2.73. The van der Waals surface area contributed by atoms with E-state index >= 15 is 0 Å². The third kappa shape index (κ3) is 1.90. The molecule has 76 valence electrons. The summed E-state index contributed by atoms with van der Waals surface area (Å²) in [4.78, 5) is 0. The van der Waals surface area contributed by atoms with Crippen LogP contribution in [0.1, 0.15) is 24.8 Å². The molecule has 0 bridgehead atoms. The zero-order valence-corrected chi connectivity index (χ0v) is 8.53. The highest BCUT2D eigenvalue weighted by Crippen LogP contribution is 2.31. The molecule has 0 saturated carbocycles. The molecule has 1 fully saturated rings. The minimum atomic E-state index is 0.383. The standard InChI is InChI=1S/C12H17NO/c1-9-8-13-6-5-12(9)10-3-2-4-11(14)7-10/h2-4,7,9,12-14H,5-6,8H2,1H3/t9?,12-/m1/s1. The molecule has 1 heterocycles. The Balaban J connectivity index is 2.20. The predicted octanol–water partition coefficient (Wildman–Crippen LogP) is 2.11. The zero-order valence-electron chi connectivity index (χ0n) is 8.53. The van der Waals surface area contributed by atoms with Gasteiger partial charge in [0.2, 0.25) is 0 Å². The van der Waals surface area contributed by atoms with Crippen molar-refractivity contribution in [2.75, 3.05) is 13.1 Å². The maximum Gasteiger partial charge on any atom is 0.115 e. The fourth-order valence-electron chi connectivity index (χ4n) is 2.26. The third-order valence-electron chi connectivity index (χ3n) is 3.08. The van der Waals surface area contributed by atoms with Crippen LogP contribution in [0.5, 0.6) is 5.75 Å². The molecule has 2 N–H and O–H groups in total. The van der Waals surface area contributed by atoms with Gasteiger partial charge in [0.1, 0.15) is 5.75 Å². The molecule has 2 heteroatoms. The van der Waals surface area contributed by atoms with Gasteiger partial charge in [0.25, 0.3) is 0 Å². The molecular formula is C12H17NO. The van der Waals surface area contributed by atoms with Crippen LogP contribution in [0, 0.1) is 5.92 Å². The minimum Gasteiger partial charge on any atom is -0.508 e. The molecule has 2 nitrogen and oxygen atoms in total. The predicted molar refractivity (Wildman–Crippen MR) is 57.5 cm³/mol. The number of aromatic hydroxyl groups is 1. The molecule has 2 rings (SSSR count). The Morgan fingerprint density at radius 1 is 1.43 bits per heavy atom. The summed E-state index contributed by atoms with van der Waals surface area (Å²) in [6, 6.07) is 7.67. The summed E-state index contributed by atoms with van der Waals surface area (Å²) in [7, 11) is 0. The molecule has 2 atom stereocenters. The quantitative estimate of drug-likeness (QED) is 0.712. The molecule has 0 amide bonds. The van der Waals surface area contributed by atoms with E-state index in [0.29, 0.717) is 17.6 Å². The van der Waals surface area contributed by atoms with E-state index in [2.05, 4.69) is 18.3 Å². The summed E-state index contributed by atoms with van der Waals surface area (Å²) >= 11 is 0. The lowest BCUT2D eigenvalue weighted by atomic mass is 9.82. The van der Waals surface area contributed by atoms with Crippen LogP contribution in [0.2, 0.25) is 0 Å². The van der Waals surface area contributed by atoms with Crippen LogP contribution in [0.3, 0.4) is 0 Å². The van der Waals surface area contributed by atoms with Crippen molar-refractivity contribution >= 4 is 0 Å². The monoisotopic (exact) mass is 191 g/mol. The summed E-state index contributed by atoms with van der Waals surface area (Å²) < 4.78 is 0. The third-order valence-corrected chi connectivity index (χ3v) is 3.08. The number of rotatable bonds is 1. The Morgan fingerprint density at radius 2 is 2.29 bits per heavy atom. The molecule has 1 aromatic carbocycles. The van der Waals surface area contributed by atoms with Crippen LogP contribution in [0.4, 0.5) is 0 Å². The second-order valence-electron chi connectivity index (χ2n) is 4.17. The second kappa shape index (κ2) is 4.01. The van der Waals surface area contributed by atoms with Crippen LogP contribution in [-0.2, 0) is 0 Å². The number of hydrogen-bond acceptors (Lipinski definition) is 2. The fourth-order valence-corrected chi connectivity index (χ4v) is 2.26. The van der Waals surface area contributed by atoms with Crippen LogP contribution in [0.15, 0.2) is 24.3 Å². The van der Waals surface area contributed by atoms with E-state index in [0.717, 1.165) is 13.1 Å². The molecule has 1 aliphatic heterocycles. The molecular weight excluding hydrogens is 174 g/mol. The van der Waals surface area contributed by atoms with Gasteiger partial charge in [-0.15, -0.1) is 0 Å². The van der Waals surface area contributed by atoms with Gasteiger partial charge in [0, 0.05) is 0 Å². The van der Waals surface area contributed by atoms with Crippen molar-refractivity contribution < 1.29 is 5.11 Å². The smallest absolute Gasteiger partial charge is 0.115 e. The Bertz CT molecular complexity index is 311. The second-order valence-corrected chi connectivity index (χ2v) is 4.17. The number of phenolic OH excluding ortho intramolecular Hbond substituents is 1. The first-order chi connectivity index (χ1) is 6.77. The Labute approximate surface area is 85.0 Å². The maximum absolute atomic E-state index is 9.41. The largest absolute Gasteiger partial charge is 0.508 e. The van der Waals surface area contributed by atoms with Gasteiger partial charge < -0.3 is 10.4 Å². The Morgan fingerprint density at radius 3 is 3.00 bits per heavy atom. The first kappa shape index (κ1) is 9.53. The van der Waals surface area contributed by atoms with Crippen molar-refractivity contribution in [2.45, 2.75) is 19.3 Å². The minimum absolute atomic E-state index is 0.383. The van der Waals surface area contributed by atoms with Gasteiger partial charge >= 0.3 is 0 Å². The summed E-state index contributed by atoms with van der Waals surface area (Å²) in [5.41, 5.74) is 1.28. The molecule has 1 saturated heterocycles. The SMILES string of the molecule is CC1CNCC[C@H]1c1cccc(O)c1. The van der Waals surface area contributed by atoms with E-state index in [1.807, 2.05) is 12.1 Å². The van der Waals surface area contributed by atoms with Crippen molar-refractivity contribution in [3.63, 3.8) is 0 Å². The number of hydrogen-bond donors (Lipinski definition) is 2. The highest BCUT2D eigenvalue weighted by Gasteiger charge is 2.22. The van der Waals surface area contributed by atoms with Gasteiger partial charge in [-0.2, -0.15) is 0 Å². The van der Waals surface area contributed by atoms with Gasteiger partial charge in [0.15, 0.2) is 0 Å². The van der Waals surface area contributed by atoms with Gasteiger partial charge in [-0.25, -0.2) is 0 Å². The van der Waals surface area contributed by atoms with Crippen molar-refractivity contribution in [1.82, 2.24) is 5.32 Å². The molecule has 1 aromatic rings. The molecule has 1 aliphatic rings. The summed E-state index contributed by atoms with van der Waals surface area (Å²) in [6.07, 6.45) is 1.17. The van der Waals surface area contributed by atoms with E-state index in [-0.39, 0.29) is 0 Å². The van der Waals surface area contributed by atoms with Crippen molar-refractivity contribution in [2.24, 2.45) is 5.92 Å². The van der Waals surface area contributed by atoms with E-state index in [4.69, 9.17) is 0 Å². The van der Waals surface area contributed by atoms with E-state index < -0.39 is 0 Å². The summed E-state index contributed by atoms with van der Waals surface area (Å²) in [5, 5.41) is 12.8. The molecule has 0 aromatic heterocycles. The zero-order chi connectivity index (χ0) is 9.97. The van der Waals surface area contributed by atoms with Crippen molar-refractivity contribution in [3.05, 3.63) is 29.8 Å². The molecule has 1 unspecified atom stereocenters. The van der Waals surface area contributed by atoms with Gasteiger partial charge in [-0.1, -0.05) is 19.1 Å². The maximum atomic E-state index is 9.41. The highest BCUT2D eigenvalue weighted by molar-refractivity contribution is 5.30. The van der Waals surface area contributed by atoms with Crippen molar-refractivity contribution in [3.8, 4) is 5.75 Å². The van der Waals surface area contributed by atoms with Gasteiger partial charge in [-0.05, 0) is 49.0 Å². The first-order valence-corrected chi connectivity index (χ1v) is 5.27. The van der Waals surface area contributed by atoms with Gasteiger partial charge in [0.05, 0.1) is 0 Å². The number of piperidine rings is 1. The average molecular weight is 191 g/mol. The number of benzene rings is 1. The van der Waals surface area contributed by atoms with Crippen LogP contribution in [-0.4, -0.2) is 18.2 Å². The number of phenols is 1. The summed E-state index contributed by atoms with van der Waals surface area (Å²) in [6.45, 7) is 4.44. The van der Waals surface area contributed by atoms with E-state index in [9.17, 15) is 5.11 Å². The summed E-state index contributed by atoms with van der Waals surface area (Å²) in [5.74, 6) is 1.64. The first-order valence-electron chi connectivity index (χ1n) is 5.27. The van der Waals surface area contributed by atoms with E-state index in [1.165, 1.54) is 12.0 Å². The van der Waals surface area contributed by atoms with Crippen LogP contribution in [0.25, 0.3) is 0 Å². The lowest BCUT2D eigenvalue weighted by Gasteiger charge is -2.29. The topological polar surface area (TPSA) is 32.3 Å². The van der Waals surface area contributed by atoms with E-state index in [1.54, 1.807) is 6.07 Å². The van der Waals surface area contributed by atoms with Crippen LogP contribution >= 0.6 is 0 Å².